The number of ether oxygens (including phenoxy) is 3. The number of nitrogens with zero attached hydrogens (tertiary/aromatic N) is 1. The van der Waals surface area contributed by atoms with Gasteiger partial charge in [-0.2, -0.15) is 0 Å². The minimum atomic E-state index is -0.200. The normalized spacial score (nSPS) is 11.8. The lowest BCUT2D eigenvalue weighted by Crippen LogP contribution is -2.16. The fraction of sp³-hybridized carbons (Fsp3) is 0.333. The number of rotatable bonds is 10. The van der Waals surface area contributed by atoms with Crippen molar-refractivity contribution >= 4 is 11.6 Å². The quantitative estimate of drug-likeness (QED) is 0.400. The van der Waals surface area contributed by atoms with Gasteiger partial charge in [-0.1, -0.05) is 12.1 Å². The second-order valence-corrected chi connectivity index (χ2v) is 8.10. The number of nitrogens with one attached hydrogen (secondary N) is 1. The van der Waals surface area contributed by atoms with Gasteiger partial charge in [-0.3, -0.25) is 9.78 Å². The van der Waals surface area contributed by atoms with Crippen LogP contribution in [0.25, 0.3) is 0 Å². The number of carbonyl (C=O) groups is 1. The summed E-state index contributed by atoms with van der Waals surface area (Å²) >= 11 is 0. The minimum Gasteiger partial charge on any atom is -0.487 e. The maximum atomic E-state index is 12.8. The molecule has 0 bridgehead atoms. The van der Waals surface area contributed by atoms with Crippen LogP contribution in [0.2, 0.25) is 0 Å². The molecule has 1 heterocycles. The van der Waals surface area contributed by atoms with Crippen LogP contribution < -0.4 is 14.8 Å². The Hall–Kier alpha value is -3.38. The number of aryl methyl sites for hydroxylation is 1. The minimum absolute atomic E-state index is 0.0485. The zero-order valence-corrected chi connectivity index (χ0v) is 19.9. The Morgan fingerprint density at radius 3 is 2.30 bits per heavy atom. The van der Waals surface area contributed by atoms with Gasteiger partial charge in [0.05, 0.1) is 23.5 Å². The average Bonchev–Trinajstić information content (AvgIpc) is 2.76. The number of carbonyl (C=O) groups excluding carboxylic acids is 1. The van der Waals surface area contributed by atoms with Crippen molar-refractivity contribution in [2.24, 2.45) is 0 Å². The van der Waals surface area contributed by atoms with Crippen LogP contribution in [0.4, 0.5) is 5.69 Å². The van der Waals surface area contributed by atoms with Crippen molar-refractivity contribution in [2.75, 3.05) is 11.9 Å². The molecular formula is C27H32N2O4. The summed E-state index contributed by atoms with van der Waals surface area (Å²) in [6.07, 6.45) is 0.849. The van der Waals surface area contributed by atoms with E-state index in [1.165, 1.54) is 0 Å². The van der Waals surface area contributed by atoms with Crippen LogP contribution in [0.1, 0.15) is 49.4 Å². The van der Waals surface area contributed by atoms with Gasteiger partial charge in [-0.25, -0.2) is 0 Å². The Balaban J connectivity index is 1.64. The first-order chi connectivity index (χ1) is 15.9. The predicted octanol–water partition coefficient (Wildman–Crippen LogP) is 6.19. The van der Waals surface area contributed by atoms with Gasteiger partial charge in [0.25, 0.3) is 5.91 Å². The second-order valence-electron chi connectivity index (χ2n) is 8.10. The molecule has 0 aliphatic carbocycles. The highest BCUT2D eigenvalue weighted by atomic mass is 16.5. The maximum absolute atomic E-state index is 12.8. The third-order valence-electron chi connectivity index (χ3n) is 4.89. The lowest BCUT2D eigenvalue weighted by atomic mass is 10.1. The molecule has 3 aromatic rings. The van der Waals surface area contributed by atoms with Gasteiger partial charge in [0.2, 0.25) is 0 Å². The Bertz CT molecular complexity index is 1060. The summed E-state index contributed by atoms with van der Waals surface area (Å²) in [7, 11) is 0. The fourth-order valence-corrected chi connectivity index (χ4v) is 3.42. The Morgan fingerprint density at radius 1 is 0.970 bits per heavy atom. The molecule has 0 radical (unpaired) electrons. The Labute approximate surface area is 195 Å². The van der Waals surface area contributed by atoms with Crippen LogP contribution in [0.3, 0.4) is 0 Å². The molecule has 1 N–H and O–H groups in total. The van der Waals surface area contributed by atoms with Crippen molar-refractivity contribution in [3.8, 4) is 17.2 Å². The topological polar surface area (TPSA) is 69.7 Å². The van der Waals surface area contributed by atoms with E-state index in [2.05, 4.69) is 10.3 Å². The van der Waals surface area contributed by atoms with Crippen LogP contribution >= 0.6 is 0 Å². The molecule has 6 heteroatoms. The van der Waals surface area contributed by atoms with Crippen LogP contribution in [-0.4, -0.2) is 29.7 Å². The molecule has 1 atom stereocenters. The number of aromatic nitrogens is 1. The number of benzene rings is 2. The summed E-state index contributed by atoms with van der Waals surface area (Å²) in [5, 5.41) is 2.92. The van der Waals surface area contributed by atoms with Gasteiger partial charge in [-0.15, -0.1) is 0 Å². The first-order valence-corrected chi connectivity index (χ1v) is 11.3. The Morgan fingerprint density at radius 2 is 1.67 bits per heavy atom. The van der Waals surface area contributed by atoms with E-state index in [1.807, 2.05) is 83.1 Å². The number of amides is 1. The predicted molar refractivity (Wildman–Crippen MR) is 130 cm³/mol. The molecule has 0 saturated carbocycles. The summed E-state index contributed by atoms with van der Waals surface area (Å²) < 4.78 is 17.4. The van der Waals surface area contributed by atoms with Gasteiger partial charge < -0.3 is 19.5 Å². The molecule has 0 aliphatic heterocycles. The standard InChI is InChI=1S/C27H32N2O4/c1-6-31-19(4)17-22-13-16-24(20(5)28-22)27(30)29-21-11-14-23(15-12-21)33-26-10-8-7-9-25(26)32-18(2)3/h7-16,18-19H,6,17H2,1-5H3,(H,29,30). The molecule has 1 aromatic heterocycles. The maximum Gasteiger partial charge on any atom is 0.257 e. The summed E-state index contributed by atoms with van der Waals surface area (Å²) in [5.41, 5.74) is 2.82. The average molecular weight is 449 g/mol. The molecule has 1 unspecified atom stereocenters. The lowest BCUT2D eigenvalue weighted by Gasteiger charge is -2.15. The van der Waals surface area contributed by atoms with E-state index in [9.17, 15) is 4.79 Å². The monoisotopic (exact) mass is 448 g/mol. The highest BCUT2D eigenvalue weighted by molar-refractivity contribution is 6.05. The highest BCUT2D eigenvalue weighted by Crippen LogP contribution is 2.32. The van der Waals surface area contributed by atoms with Crippen LogP contribution in [0.15, 0.2) is 60.7 Å². The molecule has 1 amide bonds. The lowest BCUT2D eigenvalue weighted by molar-refractivity contribution is 0.0761. The molecule has 3 rings (SSSR count). The number of anilines is 1. The van der Waals surface area contributed by atoms with E-state index in [-0.39, 0.29) is 18.1 Å². The molecular weight excluding hydrogens is 416 g/mol. The zero-order valence-electron chi connectivity index (χ0n) is 19.9. The molecule has 0 fully saturated rings. The molecule has 6 nitrogen and oxygen atoms in total. The second kappa shape index (κ2) is 11.5. The summed E-state index contributed by atoms with van der Waals surface area (Å²) in [6, 6.07) is 18.5. The van der Waals surface area contributed by atoms with E-state index in [4.69, 9.17) is 14.2 Å². The number of hydrogen-bond acceptors (Lipinski definition) is 5. The molecule has 174 valence electrons. The van der Waals surface area contributed by atoms with Crippen molar-refractivity contribution in [3.05, 3.63) is 77.6 Å². The number of para-hydroxylation sites is 2. The van der Waals surface area contributed by atoms with E-state index in [0.29, 0.717) is 47.2 Å². The van der Waals surface area contributed by atoms with Gasteiger partial charge in [0, 0.05) is 24.4 Å². The first kappa shape index (κ1) is 24.3. The molecule has 0 spiro atoms. The molecule has 0 saturated heterocycles. The summed E-state index contributed by atoms with van der Waals surface area (Å²) in [5.74, 6) is 1.78. The highest BCUT2D eigenvalue weighted by Gasteiger charge is 2.13. The summed E-state index contributed by atoms with van der Waals surface area (Å²) in [6.45, 7) is 10.5. The smallest absolute Gasteiger partial charge is 0.257 e. The SMILES string of the molecule is CCOC(C)Cc1ccc(C(=O)Nc2ccc(Oc3ccccc3OC(C)C)cc2)c(C)n1. The van der Waals surface area contributed by atoms with E-state index in [0.717, 1.165) is 5.69 Å². The van der Waals surface area contributed by atoms with E-state index >= 15 is 0 Å². The van der Waals surface area contributed by atoms with Crippen LogP contribution in [-0.2, 0) is 11.2 Å². The van der Waals surface area contributed by atoms with Crippen LogP contribution in [0.5, 0.6) is 17.2 Å². The third kappa shape index (κ3) is 7.05. The first-order valence-electron chi connectivity index (χ1n) is 11.3. The Kier molecular flexibility index (Phi) is 8.44. The van der Waals surface area contributed by atoms with Gasteiger partial charge in [0.1, 0.15) is 5.75 Å². The molecule has 0 aliphatic rings. The third-order valence-corrected chi connectivity index (χ3v) is 4.89. The zero-order chi connectivity index (χ0) is 23.8. The van der Waals surface area contributed by atoms with Crippen LogP contribution in [0, 0.1) is 6.92 Å². The molecule has 33 heavy (non-hydrogen) atoms. The van der Waals surface area contributed by atoms with Gasteiger partial charge >= 0.3 is 0 Å². The summed E-state index contributed by atoms with van der Waals surface area (Å²) in [4.78, 5) is 17.3. The fourth-order valence-electron chi connectivity index (χ4n) is 3.42. The molecule has 2 aromatic carbocycles. The van der Waals surface area contributed by atoms with Crippen molar-refractivity contribution in [3.63, 3.8) is 0 Å². The van der Waals surface area contributed by atoms with Crippen molar-refractivity contribution in [2.45, 2.75) is 53.2 Å². The van der Waals surface area contributed by atoms with E-state index < -0.39 is 0 Å². The van der Waals surface area contributed by atoms with Gasteiger partial charge in [0.15, 0.2) is 11.5 Å². The van der Waals surface area contributed by atoms with Crippen molar-refractivity contribution in [1.29, 1.82) is 0 Å². The number of hydrogen-bond donors (Lipinski definition) is 1. The van der Waals surface area contributed by atoms with E-state index in [1.54, 1.807) is 12.1 Å². The number of pyridine rings is 1. The van der Waals surface area contributed by atoms with Crippen molar-refractivity contribution < 1.29 is 19.0 Å². The largest absolute Gasteiger partial charge is 0.487 e. The van der Waals surface area contributed by atoms with Gasteiger partial charge in [-0.05, 0) is 83.1 Å². The van der Waals surface area contributed by atoms with Crippen molar-refractivity contribution in [1.82, 2.24) is 4.98 Å².